The third-order valence-electron chi connectivity index (χ3n) is 1.46. The molecule has 14 heavy (non-hydrogen) atoms. The maximum atomic E-state index is 11.2. The van der Waals surface area contributed by atoms with Gasteiger partial charge in [0.1, 0.15) is 0 Å². The van der Waals surface area contributed by atoms with Gasteiger partial charge in [-0.1, -0.05) is 23.2 Å². The van der Waals surface area contributed by atoms with Gasteiger partial charge in [-0.3, -0.25) is 0 Å². The number of amides is 1. The van der Waals surface area contributed by atoms with E-state index in [0.717, 1.165) is 0 Å². The Hall–Kier alpha value is -0.930. The van der Waals surface area contributed by atoms with Crippen LogP contribution in [0.15, 0.2) is 18.2 Å². The van der Waals surface area contributed by atoms with Gasteiger partial charge < -0.3 is 9.64 Å². The summed E-state index contributed by atoms with van der Waals surface area (Å²) >= 11 is 11.5. The number of hydrogen-bond donors (Lipinski definition) is 0. The van der Waals surface area contributed by atoms with Crippen LogP contribution in [0, 0.1) is 0 Å². The normalized spacial score (nSPS) is 9.71. The van der Waals surface area contributed by atoms with Crippen LogP contribution in [0.1, 0.15) is 0 Å². The van der Waals surface area contributed by atoms with Crippen molar-refractivity contribution >= 4 is 29.3 Å². The highest BCUT2D eigenvalue weighted by Gasteiger charge is 2.09. The van der Waals surface area contributed by atoms with Gasteiger partial charge >= 0.3 is 6.09 Å². The molecule has 1 aromatic rings. The molecule has 0 saturated heterocycles. The maximum absolute atomic E-state index is 11.2. The number of benzene rings is 1. The summed E-state index contributed by atoms with van der Waals surface area (Å²) in [5.74, 6) is 0.301. The Kier molecular flexibility index (Phi) is 3.61. The van der Waals surface area contributed by atoms with Gasteiger partial charge in [0.05, 0.1) is 5.02 Å². The zero-order valence-electron chi connectivity index (χ0n) is 7.75. The molecule has 0 saturated carbocycles. The van der Waals surface area contributed by atoms with Crippen molar-refractivity contribution in [2.24, 2.45) is 0 Å². The van der Waals surface area contributed by atoms with E-state index in [2.05, 4.69) is 0 Å². The summed E-state index contributed by atoms with van der Waals surface area (Å²) in [5.41, 5.74) is 0. The Labute approximate surface area is 92.2 Å². The minimum absolute atomic E-state index is 0.301. The Morgan fingerprint density at radius 3 is 2.50 bits per heavy atom. The van der Waals surface area contributed by atoms with Gasteiger partial charge in [0.25, 0.3) is 0 Å². The molecule has 3 nitrogen and oxygen atoms in total. The molecule has 0 aromatic heterocycles. The Morgan fingerprint density at radius 2 is 2.00 bits per heavy atom. The minimum atomic E-state index is -0.478. The molecule has 1 amide bonds. The van der Waals surface area contributed by atoms with E-state index in [0.29, 0.717) is 15.8 Å². The summed E-state index contributed by atoms with van der Waals surface area (Å²) in [6.07, 6.45) is -0.478. The maximum Gasteiger partial charge on any atom is 0.414 e. The first-order chi connectivity index (χ1) is 6.50. The van der Waals surface area contributed by atoms with Crippen molar-refractivity contribution in [2.45, 2.75) is 0 Å². The van der Waals surface area contributed by atoms with Gasteiger partial charge in [0.15, 0.2) is 5.75 Å². The molecule has 0 heterocycles. The Balaban J connectivity index is 2.82. The number of carbonyl (C=O) groups is 1. The van der Waals surface area contributed by atoms with Crippen LogP contribution in [0.25, 0.3) is 0 Å². The Morgan fingerprint density at radius 1 is 1.36 bits per heavy atom. The zero-order valence-corrected chi connectivity index (χ0v) is 9.26. The van der Waals surface area contributed by atoms with Crippen LogP contribution in [-0.4, -0.2) is 25.1 Å². The molecule has 0 spiro atoms. The molecule has 0 radical (unpaired) electrons. The molecule has 0 bridgehead atoms. The molecule has 0 aliphatic carbocycles. The fraction of sp³-hybridized carbons (Fsp3) is 0.222. The highest BCUT2D eigenvalue weighted by atomic mass is 35.5. The first-order valence-electron chi connectivity index (χ1n) is 3.85. The summed E-state index contributed by atoms with van der Waals surface area (Å²) in [6, 6.07) is 4.67. The van der Waals surface area contributed by atoms with E-state index in [1.807, 2.05) is 0 Å². The van der Waals surface area contributed by atoms with E-state index in [1.165, 1.54) is 11.0 Å². The summed E-state index contributed by atoms with van der Waals surface area (Å²) in [7, 11) is 3.18. The number of nitrogens with zero attached hydrogens (tertiary/aromatic N) is 1. The third kappa shape index (κ3) is 2.79. The van der Waals surface area contributed by atoms with Crippen molar-refractivity contribution in [3.05, 3.63) is 28.2 Å². The van der Waals surface area contributed by atoms with Crippen LogP contribution in [-0.2, 0) is 0 Å². The van der Waals surface area contributed by atoms with Crippen molar-refractivity contribution in [1.82, 2.24) is 4.90 Å². The summed E-state index contributed by atoms with van der Waals surface area (Å²) in [6.45, 7) is 0. The first-order valence-corrected chi connectivity index (χ1v) is 4.60. The van der Waals surface area contributed by atoms with Gasteiger partial charge in [-0.15, -0.1) is 0 Å². The van der Waals surface area contributed by atoms with E-state index in [9.17, 15) is 4.79 Å². The zero-order chi connectivity index (χ0) is 10.7. The molecule has 0 unspecified atom stereocenters. The van der Waals surface area contributed by atoms with E-state index in [-0.39, 0.29) is 0 Å². The van der Waals surface area contributed by atoms with Crippen LogP contribution < -0.4 is 4.74 Å². The monoisotopic (exact) mass is 233 g/mol. The summed E-state index contributed by atoms with van der Waals surface area (Å²) in [5, 5.41) is 0.812. The number of carbonyl (C=O) groups excluding carboxylic acids is 1. The molecule has 0 aliphatic heterocycles. The van der Waals surface area contributed by atoms with Gasteiger partial charge in [0, 0.05) is 19.1 Å². The Bertz CT molecular complexity index is 353. The lowest BCUT2D eigenvalue weighted by Gasteiger charge is -2.11. The minimum Gasteiger partial charge on any atom is -0.409 e. The molecular weight excluding hydrogens is 225 g/mol. The molecule has 76 valence electrons. The van der Waals surface area contributed by atoms with Crippen LogP contribution in [0.5, 0.6) is 5.75 Å². The van der Waals surface area contributed by atoms with Gasteiger partial charge in [0.2, 0.25) is 0 Å². The highest BCUT2D eigenvalue weighted by molar-refractivity contribution is 6.35. The largest absolute Gasteiger partial charge is 0.414 e. The van der Waals surface area contributed by atoms with E-state index in [4.69, 9.17) is 27.9 Å². The van der Waals surface area contributed by atoms with E-state index >= 15 is 0 Å². The van der Waals surface area contributed by atoms with E-state index in [1.54, 1.807) is 26.2 Å². The number of halogens is 2. The molecule has 5 heteroatoms. The number of ether oxygens (including phenoxy) is 1. The standard InChI is InChI=1S/C9H9Cl2NO2/c1-12(2)9(13)14-8-4-3-6(10)5-7(8)11/h3-5H,1-2H3. The molecule has 0 fully saturated rings. The van der Waals surface area contributed by atoms with Crippen molar-refractivity contribution in [1.29, 1.82) is 0 Å². The van der Waals surface area contributed by atoms with Crippen LogP contribution in [0.3, 0.4) is 0 Å². The van der Waals surface area contributed by atoms with Gasteiger partial charge in [-0.05, 0) is 18.2 Å². The van der Waals surface area contributed by atoms with Crippen molar-refractivity contribution in [3.8, 4) is 5.75 Å². The summed E-state index contributed by atoms with van der Waals surface area (Å²) < 4.78 is 4.96. The molecule has 1 rings (SSSR count). The summed E-state index contributed by atoms with van der Waals surface area (Å²) in [4.78, 5) is 12.5. The van der Waals surface area contributed by atoms with Crippen molar-refractivity contribution in [3.63, 3.8) is 0 Å². The highest BCUT2D eigenvalue weighted by Crippen LogP contribution is 2.27. The third-order valence-corrected chi connectivity index (χ3v) is 1.99. The second kappa shape index (κ2) is 4.53. The van der Waals surface area contributed by atoms with Gasteiger partial charge in [-0.2, -0.15) is 0 Å². The first kappa shape index (κ1) is 11.1. The van der Waals surface area contributed by atoms with Crippen LogP contribution in [0.2, 0.25) is 10.0 Å². The molecule has 0 aliphatic rings. The van der Waals surface area contributed by atoms with Crippen molar-refractivity contribution in [2.75, 3.05) is 14.1 Å². The second-order valence-electron chi connectivity index (χ2n) is 2.84. The lowest BCUT2D eigenvalue weighted by atomic mass is 10.3. The fourth-order valence-corrected chi connectivity index (χ4v) is 1.19. The number of rotatable bonds is 1. The molecule has 1 aromatic carbocycles. The smallest absolute Gasteiger partial charge is 0.409 e. The van der Waals surface area contributed by atoms with E-state index < -0.39 is 6.09 Å². The predicted molar refractivity (Wildman–Crippen MR) is 56.2 cm³/mol. The quantitative estimate of drug-likeness (QED) is 0.747. The lowest BCUT2D eigenvalue weighted by molar-refractivity contribution is 0.172. The molecule has 0 atom stereocenters. The number of hydrogen-bond acceptors (Lipinski definition) is 2. The SMILES string of the molecule is CN(C)C(=O)Oc1ccc(Cl)cc1Cl. The predicted octanol–water partition coefficient (Wildman–Crippen LogP) is 3.05. The average Bonchev–Trinajstić information content (AvgIpc) is 2.09. The molecular formula is C9H9Cl2NO2. The van der Waals surface area contributed by atoms with Gasteiger partial charge in [-0.25, -0.2) is 4.79 Å². The van der Waals surface area contributed by atoms with Crippen LogP contribution in [0.4, 0.5) is 4.79 Å². The van der Waals surface area contributed by atoms with Crippen LogP contribution >= 0.6 is 23.2 Å². The average molecular weight is 234 g/mol. The molecule has 0 N–H and O–H groups in total. The van der Waals surface area contributed by atoms with Crippen molar-refractivity contribution < 1.29 is 9.53 Å². The second-order valence-corrected chi connectivity index (χ2v) is 3.68. The fourth-order valence-electron chi connectivity index (χ4n) is 0.743. The topological polar surface area (TPSA) is 29.5 Å². The lowest BCUT2D eigenvalue weighted by Crippen LogP contribution is -2.25.